The molecule has 5 heteroatoms. The van der Waals surface area contributed by atoms with Gasteiger partial charge in [-0.15, -0.1) is 0 Å². The largest absolute Gasteiger partial charge is 0.493 e. The predicted molar refractivity (Wildman–Crippen MR) is 105 cm³/mol. The van der Waals surface area contributed by atoms with E-state index < -0.39 is 0 Å². The third-order valence-corrected chi connectivity index (χ3v) is 4.62. The van der Waals surface area contributed by atoms with E-state index in [0.717, 1.165) is 43.3 Å². The molecule has 0 aromatic heterocycles. The van der Waals surface area contributed by atoms with Crippen molar-refractivity contribution >= 4 is 39.9 Å². The van der Waals surface area contributed by atoms with E-state index in [2.05, 4.69) is 40.9 Å². The Hall–Kier alpha value is -1.14. The summed E-state index contributed by atoms with van der Waals surface area (Å²) in [5.74, 6) is 1.58. The molecule has 3 nitrogen and oxygen atoms in total. The normalized spacial score (nSPS) is 10.5. The van der Waals surface area contributed by atoms with Gasteiger partial charge in [0.2, 0.25) is 0 Å². The molecule has 0 fully saturated rings. The highest BCUT2D eigenvalue weighted by Gasteiger charge is 2.11. The summed E-state index contributed by atoms with van der Waals surface area (Å²) in [7, 11) is 1.67. The van der Waals surface area contributed by atoms with Gasteiger partial charge in [0.1, 0.15) is 0 Å². The Kier molecular flexibility index (Phi) is 6.84. The molecular formula is C18H21ClINO2. The number of aryl methyl sites for hydroxylation is 1. The van der Waals surface area contributed by atoms with Crippen LogP contribution < -0.4 is 14.8 Å². The summed E-state index contributed by atoms with van der Waals surface area (Å²) in [6, 6.07) is 10.1. The molecule has 0 aliphatic heterocycles. The maximum Gasteiger partial charge on any atom is 0.174 e. The molecule has 0 atom stereocenters. The van der Waals surface area contributed by atoms with Crippen LogP contribution in [0.2, 0.25) is 5.02 Å². The molecule has 2 aromatic rings. The van der Waals surface area contributed by atoms with Crippen molar-refractivity contribution in [2.45, 2.75) is 26.8 Å². The van der Waals surface area contributed by atoms with Crippen LogP contribution in [-0.4, -0.2) is 13.7 Å². The molecule has 0 heterocycles. The minimum absolute atomic E-state index is 0.686. The molecule has 0 bridgehead atoms. The van der Waals surface area contributed by atoms with Gasteiger partial charge in [0.15, 0.2) is 11.5 Å². The second kappa shape index (κ2) is 8.64. The van der Waals surface area contributed by atoms with Crippen LogP contribution >= 0.6 is 34.2 Å². The Morgan fingerprint density at radius 1 is 1.22 bits per heavy atom. The maximum atomic E-state index is 6.16. The Morgan fingerprint density at radius 2 is 2.00 bits per heavy atom. The van der Waals surface area contributed by atoms with E-state index in [4.69, 9.17) is 21.1 Å². The summed E-state index contributed by atoms with van der Waals surface area (Å²) in [5, 5.41) is 4.15. The van der Waals surface area contributed by atoms with Crippen molar-refractivity contribution < 1.29 is 9.47 Å². The quantitative estimate of drug-likeness (QED) is 0.558. The molecule has 0 amide bonds. The standard InChI is InChI=1S/C18H21ClINO2/c1-4-7-23-18-16(20)8-13(9-17(18)22-3)11-21-14-6-5-12(2)15(19)10-14/h5-6,8-10,21H,4,7,11H2,1-3H3. The van der Waals surface area contributed by atoms with Crippen LogP contribution in [-0.2, 0) is 6.54 Å². The first kappa shape index (κ1) is 18.2. The number of halogens is 2. The molecular weight excluding hydrogens is 425 g/mol. The van der Waals surface area contributed by atoms with Crippen LogP contribution in [0.15, 0.2) is 30.3 Å². The maximum absolute atomic E-state index is 6.16. The van der Waals surface area contributed by atoms with Gasteiger partial charge in [-0.25, -0.2) is 0 Å². The summed E-state index contributed by atoms with van der Waals surface area (Å²) in [6.07, 6.45) is 0.969. The Balaban J connectivity index is 2.13. The van der Waals surface area contributed by atoms with Crippen LogP contribution in [0.3, 0.4) is 0 Å². The molecule has 0 aliphatic rings. The topological polar surface area (TPSA) is 30.5 Å². The van der Waals surface area contributed by atoms with Crippen LogP contribution in [0.4, 0.5) is 5.69 Å². The lowest BCUT2D eigenvalue weighted by Crippen LogP contribution is -2.04. The minimum Gasteiger partial charge on any atom is -0.493 e. The molecule has 0 radical (unpaired) electrons. The van der Waals surface area contributed by atoms with Crippen molar-refractivity contribution in [3.05, 3.63) is 50.1 Å². The third kappa shape index (κ3) is 4.91. The molecule has 0 unspecified atom stereocenters. The highest BCUT2D eigenvalue weighted by molar-refractivity contribution is 14.1. The zero-order valence-electron chi connectivity index (χ0n) is 13.6. The molecule has 0 spiro atoms. The summed E-state index contributed by atoms with van der Waals surface area (Å²) in [4.78, 5) is 0. The van der Waals surface area contributed by atoms with Crippen molar-refractivity contribution in [1.29, 1.82) is 0 Å². The van der Waals surface area contributed by atoms with Gasteiger partial charge in [-0.3, -0.25) is 0 Å². The van der Waals surface area contributed by atoms with Gasteiger partial charge >= 0.3 is 0 Å². The van der Waals surface area contributed by atoms with E-state index in [9.17, 15) is 0 Å². The van der Waals surface area contributed by atoms with E-state index in [1.807, 2.05) is 31.2 Å². The lowest BCUT2D eigenvalue weighted by molar-refractivity contribution is 0.292. The Labute approximate surface area is 156 Å². The average Bonchev–Trinajstić information content (AvgIpc) is 2.54. The fraction of sp³-hybridized carbons (Fsp3) is 0.333. The van der Waals surface area contributed by atoms with Gasteiger partial charge in [0, 0.05) is 17.3 Å². The monoisotopic (exact) mass is 445 g/mol. The summed E-state index contributed by atoms with van der Waals surface area (Å²) in [6.45, 7) is 5.46. The van der Waals surface area contributed by atoms with Gasteiger partial charge in [-0.2, -0.15) is 0 Å². The van der Waals surface area contributed by atoms with Gasteiger partial charge < -0.3 is 14.8 Å². The average molecular weight is 446 g/mol. The molecule has 124 valence electrons. The number of nitrogens with one attached hydrogen (secondary N) is 1. The Bertz CT molecular complexity index is 676. The molecule has 0 saturated carbocycles. The van der Waals surface area contributed by atoms with Gasteiger partial charge in [0.25, 0.3) is 0 Å². The first-order chi connectivity index (χ1) is 11.0. The van der Waals surface area contributed by atoms with Crippen LogP contribution in [0.1, 0.15) is 24.5 Å². The number of hydrogen-bond acceptors (Lipinski definition) is 3. The summed E-state index contributed by atoms with van der Waals surface area (Å²) in [5.41, 5.74) is 3.21. The summed E-state index contributed by atoms with van der Waals surface area (Å²) < 4.78 is 12.3. The number of anilines is 1. The first-order valence-electron chi connectivity index (χ1n) is 7.54. The number of hydrogen-bond donors (Lipinski definition) is 1. The third-order valence-electron chi connectivity index (χ3n) is 3.41. The van der Waals surface area contributed by atoms with Crippen molar-refractivity contribution in [3.8, 4) is 11.5 Å². The second-order valence-electron chi connectivity index (χ2n) is 5.28. The highest BCUT2D eigenvalue weighted by atomic mass is 127. The number of benzene rings is 2. The molecule has 1 N–H and O–H groups in total. The SMILES string of the molecule is CCCOc1c(I)cc(CNc2ccc(C)c(Cl)c2)cc1OC. The van der Waals surface area contributed by atoms with E-state index in [-0.39, 0.29) is 0 Å². The fourth-order valence-electron chi connectivity index (χ4n) is 2.13. The van der Waals surface area contributed by atoms with Crippen LogP contribution in [0.25, 0.3) is 0 Å². The smallest absolute Gasteiger partial charge is 0.174 e. The van der Waals surface area contributed by atoms with E-state index in [1.165, 1.54) is 0 Å². The lowest BCUT2D eigenvalue weighted by atomic mass is 10.2. The highest BCUT2D eigenvalue weighted by Crippen LogP contribution is 2.34. The van der Waals surface area contributed by atoms with Gasteiger partial charge in [-0.1, -0.05) is 24.6 Å². The summed E-state index contributed by atoms with van der Waals surface area (Å²) >= 11 is 8.44. The van der Waals surface area contributed by atoms with Crippen LogP contribution in [0, 0.1) is 10.5 Å². The molecule has 2 rings (SSSR count). The molecule has 23 heavy (non-hydrogen) atoms. The van der Waals surface area contributed by atoms with Crippen molar-refractivity contribution in [1.82, 2.24) is 0 Å². The number of rotatable bonds is 7. The lowest BCUT2D eigenvalue weighted by Gasteiger charge is -2.15. The first-order valence-corrected chi connectivity index (χ1v) is 9.00. The van der Waals surface area contributed by atoms with E-state index in [0.29, 0.717) is 13.2 Å². The Morgan fingerprint density at radius 3 is 2.65 bits per heavy atom. The number of methoxy groups -OCH3 is 1. The number of ether oxygens (including phenoxy) is 2. The fourth-order valence-corrected chi connectivity index (χ4v) is 3.13. The van der Waals surface area contributed by atoms with Gasteiger partial charge in [0.05, 0.1) is 17.3 Å². The van der Waals surface area contributed by atoms with Crippen LogP contribution in [0.5, 0.6) is 11.5 Å². The molecule has 2 aromatic carbocycles. The molecule has 0 aliphatic carbocycles. The van der Waals surface area contributed by atoms with E-state index >= 15 is 0 Å². The van der Waals surface area contributed by atoms with Crippen molar-refractivity contribution in [3.63, 3.8) is 0 Å². The minimum atomic E-state index is 0.686. The zero-order valence-corrected chi connectivity index (χ0v) is 16.5. The van der Waals surface area contributed by atoms with Crippen molar-refractivity contribution in [2.75, 3.05) is 19.0 Å². The van der Waals surface area contributed by atoms with Crippen molar-refractivity contribution in [2.24, 2.45) is 0 Å². The predicted octanol–water partition coefficient (Wildman–Crippen LogP) is 5.66. The van der Waals surface area contributed by atoms with Gasteiger partial charge in [-0.05, 0) is 71.3 Å². The second-order valence-corrected chi connectivity index (χ2v) is 6.84. The van der Waals surface area contributed by atoms with E-state index in [1.54, 1.807) is 7.11 Å². The molecule has 0 saturated heterocycles. The zero-order chi connectivity index (χ0) is 16.8.